The Morgan fingerprint density at radius 3 is 2.41 bits per heavy atom. The SMILES string of the molecule is CSC1CCCC(NCC2CCCCCC2)C1. The normalized spacial score (nSPS) is 32.3. The fraction of sp³-hybridized carbons (Fsp3) is 1.00. The average Bonchev–Trinajstić information content (AvgIpc) is 2.65. The van der Waals surface area contributed by atoms with Crippen LogP contribution in [0.5, 0.6) is 0 Å². The smallest absolute Gasteiger partial charge is 0.00777 e. The van der Waals surface area contributed by atoms with Crippen molar-refractivity contribution >= 4 is 11.8 Å². The zero-order valence-corrected chi connectivity index (χ0v) is 12.2. The summed E-state index contributed by atoms with van der Waals surface area (Å²) < 4.78 is 0. The Balaban J connectivity index is 1.66. The molecule has 0 aromatic heterocycles. The maximum absolute atomic E-state index is 3.87. The van der Waals surface area contributed by atoms with E-state index in [1.807, 2.05) is 0 Å². The lowest BCUT2D eigenvalue weighted by molar-refractivity contribution is 0.337. The molecule has 1 N–H and O–H groups in total. The zero-order chi connectivity index (χ0) is 11.9. The predicted molar refractivity (Wildman–Crippen MR) is 78.8 cm³/mol. The van der Waals surface area contributed by atoms with Gasteiger partial charge in [-0.15, -0.1) is 0 Å². The lowest BCUT2D eigenvalue weighted by atomic mass is 9.93. The van der Waals surface area contributed by atoms with Crippen LogP contribution in [0.3, 0.4) is 0 Å². The van der Waals surface area contributed by atoms with Gasteiger partial charge in [0.15, 0.2) is 0 Å². The first-order valence-electron chi connectivity index (χ1n) is 7.64. The standard InChI is InChI=1S/C15H29NS/c1-17-15-10-6-9-14(11-15)16-12-13-7-4-2-3-5-8-13/h13-16H,2-12H2,1H3. The van der Waals surface area contributed by atoms with Crippen LogP contribution in [0, 0.1) is 5.92 Å². The Kier molecular flexibility index (Phi) is 6.21. The molecule has 2 heteroatoms. The van der Waals surface area contributed by atoms with Crippen molar-refractivity contribution < 1.29 is 0 Å². The summed E-state index contributed by atoms with van der Waals surface area (Å²) in [6.45, 7) is 1.30. The molecule has 2 rings (SSSR count). The predicted octanol–water partition coefficient (Wildman–Crippen LogP) is 4.22. The summed E-state index contributed by atoms with van der Waals surface area (Å²) in [6, 6.07) is 0.824. The minimum atomic E-state index is 0.824. The number of rotatable bonds is 4. The molecule has 2 aliphatic rings. The van der Waals surface area contributed by atoms with Crippen LogP contribution in [0.2, 0.25) is 0 Å². The molecule has 2 saturated carbocycles. The van der Waals surface area contributed by atoms with E-state index < -0.39 is 0 Å². The third kappa shape index (κ3) is 4.82. The molecule has 0 radical (unpaired) electrons. The van der Waals surface area contributed by atoms with Gasteiger partial charge in [-0.05, 0) is 50.8 Å². The van der Waals surface area contributed by atoms with Crippen molar-refractivity contribution in [2.45, 2.75) is 75.5 Å². The molecule has 0 aliphatic heterocycles. The number of thioether (sulfide) groups is 1. The van der Waals surface area contributed by atoms with E-state index in [0.717, 1.165) is 17.2 Å². The second kappa shape index (κ2) is 7.68. The van der Waals surface area contributed by atoms with Gasteiger partial charge >= 0.3 is 0 Å². The molecule has 2 fully saturated rings. The first-order chi connectivity index (χ1) is 8.38. The largest absolute Gasteiger partial charge is 0.314 e. The molecular formula is C15H29NS. The van der Waals surface area contributed by atoms with Gasteiger partial charge in [0.25, 0.3) is 0 Å². The van der Waals surface area contributed by atoms with Gasteiger partial charge in [-0.1, -0.05) is 32.1 Å². The zero-order valence-electron chi connectivity index (χ0n) is 11.4. The third-order valence-corrected chi connectivity index (χ3v) is 5.72. The Bertz CT molecular complexity index is 199. The maximum Gasteiger partial charge on any atom is 0.00777 e. The maximum atomic E-state index is 3.87. The first-order valence-corrected chi connectivity index (χ1v) is 8.93. The molecule has 0 spiro atoms. The highest BCUT2D eigenvalue weighted by Gasteiger charge is 2.21. The van der Waals surface area contributed by atoms with Gasteiger partial charge in [0.05, 0.1) is 0 Å². The highest BCUT2D eigenvalue weighted by Crippen LogP contribution is 2.28. The van der Waals surface area contributed by atoms with Gasteiger partial charge in [-0.2, -0.15) is 11.8 Å². The summed E-state index contributed by atoms with van der Waals surface area (Å²) in [6.07, 6.45) is 16.9. The molecule has 1 nitrogen and oxygen atoms in total. The van der Waals surface area contributed by atoms with Gasteiger partial charge in [-0.25, -0.2) is 0 Å². The van der Waals surface area contributed by atoms with Crippen LogP contribution in [0.15, 0.2) is 0 Å². The van der Waals surface area contributed by atoms with E-state index in [-0.39, 0.29) is 0 Å². The molecule has 0 aromatic carbocycles. The van der Waals surface area contributed by atoms with Crippen LogP contribution >= 0.6 is 11.8 Å². The molecule has 2 atom stereocenters. The first kappa shape index (κ1) is 13.7. The highest BCUT2D eigenvalue weighted by molar-refractivity contribution is 7.99. The van der Waals surface area contributed by atoms with Crippen molar-refractivity contribution in [1.29, 1.82) is 0 Å². The quantitative estimate of drug-likeness (QED) is 0.755. The molecule has 2 unspecified atom stereocenters. The van der Waals surface area contributed by atoms with Crippen molar-refractivity contribution in [2.24, 2.45) is 5.92 Å². The van der Waals surface area contributed by atoms with Crippen LogP contribution in [-0.2, 0) is 0 Å². The summed E-state index contributed by atoms with van der Waals surface area (Å²) in [5, 5.41) is 4.80. The molecule has 0 heterocycles. The van der Waals surface area contributed by atoms with E-state index in [0.29, 0.717) is 0 Å². The van der Waals surface area contributed by atoms with E-state index >= 15 is 0 Å². The molecule has 2 aliphatic carbocycles. The van der Waals surface area contributed by atoms with Crippen LogP contribution in [0.4, 0.5) is 0 Å². The lowest BCUT2D eigenvalue weighted by Gasteiger charge is -2.30. The Hall–Kier alpha value is 0.310. The van der Waals surface area contributed by atoms with E-state index in [9.17, 15) is 0 Å². The van der Waals surface area contributed by atoms with E-state index in [4.69, 9.17) is 0 Å². The lowest BCUT2D eigenvalue weighted by Crippen LogP contribution is -2.37. The van der Waals surface area contributed by atoms with Crippen LogP contribution in [0.25, 0.3) is 0 Å². The molecule has 100 valence electrons. The van der Waals surface area contributed by atoms with Crippen molar-refractivity contribution in [1.82, 2.24) is 5.32 Å². The van der Waals surface area contributed by atoms with Gasteiger partial charge < -0.3 is 5.32 Å². The number of hydrogen-bond acceptors (Lipinski definition) is 2. The summed E-state index contributed by atoms with van der Waals surface area (Å²) in [4.78, 5) is 0. The topological polar surface area (TPSA) is 12.0 Å². The molecule has 0 amide bonds. The van der Waals surface area contributed by atoms with Gasteiger partial charge in [0.2, 0.25) is 0 Å². The van der Waals surface area contributed by atoms with Gasteiger partial charge in [0.1, 0.15) is 0 Å². The molecule has 0 bridgehead atoms. The van der Waals surface area contributed by atoms with Crippen LogP contribution in [-0.4, -0.2) is 24.1 Å². The van der Waals surface area contributed by atoms with Gasteiger partial charge in [0, 0.05) is 11.3 Å². The fourth-order valence-corrected chi connectivity index (χ4v) is 4.27. The Morgan fingerprint density at radius 1 is 0.941 bits per heavy atom. The third-order valence-electron chi connectivity index (χ3n) is 4.63. The molecule has 0 saturated heterocycles. The van der Waals surface area contributed by atoms with Crippen molar-refractivity contribution in [3.05, 3.63) is 0 Å². The van der Waals surface area contributed by atoms with Crippen LogP contribution < -0.4 is 5.32 Å². The minimum Gasteiger partial charge on any atom is -0.314 e. The second-order valence-corrected chi connectivity index (χ2v) is 7.13. The fourth-order valence-electron chi connectivity index (χ4n) is 3.45. The Morgan fingerprint density at radius 2 is 1.71 bits per heavy atom. The monoisotopic (exact) mass is 255 g/mol. The highest BCUT2D eigenvalue weighted by atomic mass is 32.2. The van der Waals surface area contributed by atoms with Crippen molar-refractivity contribution in [3.8, 4) is 0 Å². The summed E-state index contributed by atoms with van der Waals surface area (Å²) in [7, 11) is 0. The molecular weight excluding hydrogens is 226 g/mol. The number of nitrogens with one attached hydrogen (secondary N) is 1. The molecule has 0 aromatic rings. The van der Waals surface area contributed by atoms with Crippen LogP contribution in [0.1, 0.15) is 64.2 Å². The molecule has 17 heavy (non-hydrogen) atoms. The van der Waals surface area contributed by atoms with E-state index in [1.54, 1.807) is 0 Å². The summed E-state index contributed by atoms with van der Waals surface area (Å²) in [5.41, 5.74) is 0. The second-order valence-electron chi connectivity index (χ2n) is 5.99. The summed E-state index contributed by atoms with van der Waals surface area (Å²) in [5.74, 6) is 0.979. The van der Waals surface area contributed by atoms with Gasteiger partial charge in [-0.3, -0.25) is 0 Å². The Labute approximate surface area is 112 Å². The van der Waals surface area contributed by atoms with E-state index in [1.165, 1.54) is 70.8 Å². The number of hydrogen-bond donors (Lipinski definition) is 1. The summed E-state index contributed by atoms with van der Waals surface area (Å²) >= 11 is 2.07. The van der Waals surface area contributed by atoms with Crippen molar-refractivity contribution in [3.63, 3.8) is 0 Å². The minimum absolute atomic E-state index is 0.824. The van der Waals surface area contributed by atoms with E-state index in [2.05, 4.69) is 23.3 Å². The average molecular weight is 255 g/mol. The van der Waals surface area contributed by atoms with Crippen molar-refractivity contribution in [2.75, 3.05) is 12.8 Å².